The van der Waals surface area contributed by atoms with E-state index in [2.05, 4.69) is 9.97 Å². The molecule has 0 bridgehead atoms. The van der Waals surface area contributed by atoms with E-state index in [-0.39, 0.29) is 5.63 Å². The van der Waals surface area contributed by atoms with Gasteiger partial charge >= 0.3 is 5.63 Å². The summed E-state index contributed by atoms with van der Waals surface area (Å²) in [4.78, 5) is 21.1. The van der Waals surface area contributed by atoms with Gasteiger partial charge in [-0.15, -0.1) is 0 Å². The molecule has 0 aliphatic heterocycles. The van der Waals surface area contributed by atoms with Gasteiger partial charge in [0.1, 0.15) is 5.58 Å². The lowest BCUT2D eigenvalue weighted by atomic mass is 10.0. The third-order valence-electron chi connectivity index (χ3n) is 4.37. The Hall–Kier alpha value is -3.73. The fraction of sp³-hybridized carbons (Fsp3) is 0. The van der Waals surface area contributed by atoms with E-state index in [0.29, 0.717) is 16.9 Å². The van der Waals surface area contributed by atoms with Gasteiger partial charge in [-0.2, -0.15) is 0 Å². The Bertz CT molecular complexity index is 1270. The number of para-hydroxylation sites is 1. The van der Waals surface area contributed by atoms with E-state index < -0.39 is 0 Å². The zero-order valence-corrected chi connectivity index (χ0v) is 13.7. The highest BCUT2D eigenvalue weighted by molar-refractivity contribution is 5.82. The van der Waals surface area contributed by atoms with E-state index >= 15 is 0 Å². The predicted octanol–water partition coefficient (Wildman–Crippen LogP) is 4.17. The highest BCUT2D eigenvalue weighted by atomic mass is 16.4. The van der Waals surface area contributed by atoms with Crippen LogP contribution < -0.4 is 5.63 Å². The van der Waals surface area contributed by atoms with E-state index in [1.807, 2.05) is 71.4 Å². The topological polar surface area (TPSA) is 60.4 Å². The summed E-state index contributed by atoms with van der Waals surface area (Å²) in [6.45, 7) is 0. The summed E-state index contributed by atoms with van der Waals surface area (Å²) < 4.78 is 7.30. The Morgan fingerprint density at radius 2 is 1.73 bits per heavy atom. The molecule has 5 rings (SSSR count). The summed E-state index contributed by atoms with van der Waals surface area (Å²) in [5.74, 6) is 0.654. The molecule has 5 heteroatoms. The molecule has 0 radical (unpaired) electrons. The van der Waals surface area contributed by atoms with Crippen LogP contribution in [0, 0.1) is 0 Å². The molecule has 0 spiro atoms. The molecule has 3 heterocycles. The minimum atomic E-state index is -0.339. The zero-order valence-electron chi connectivity index (χ0n) is 13.7. The standard InChI is InChI=1S/C21H13N3O2/c25-20-17(12-16-4-1-2-5-19(16)26-20)14-6-8-15(9-7-14)18-13-24-11-3-10-22-21(24)23-18/h1-13H. The van der Waals surface area contributed by atoms with E-state index in [0.717, 1.165) is 22.2 Å². The maximum absolute atomic E-state index is 12.3. The van der Waals surface area contributed by atoms with Crippen molar-refractivity contribution in [3.8, 4) is 22.4 Å². The van der Waals surface area contributed by atoms with Crippen LogP contribution in [-0.2, 0) is 0 Å². The van der Waals surface area contributed by atoms with Crippen LogP contribution in [0.25, 0.3) is 39.1 Å². The third kappa shape index (κ3) is 2.38. The summed E-state index contributed by atoms with van der Waals surface area (Å²) in [6, 6.07) is 18.9. The molecule has 0 saturated heterocycles. The number of hydrogen-bond acceptors (Lipinski definition) is 4. The Morgan fingerprint density at radius 3 is 2.58 bits per heavy atom. The smallest absolute Gasteiger partial charge is 0.344 e. The van der Waals surface area contributed by atoms with Crippen molar-refractivity contribution in [3.05, 3.63) is 89.7 Å². The number of fused-ring (bicyclic) bond motifs is 2. The molecule has 2 aromatic carbocycles. The fourth-order valence-electron chi connectivity index (χ4n) is 3.05. The molecule has 5 nitrogen and oxygen atoms in total. The number of nitrogens with zero attached hydrogens (tertiary/aromatic N) is 3. The second kappa shape index (κ2) is 5.67. The lowest BCUT2D eigenvalue weighted by molar-refractivity contribution is 0.563. The molecule has 0 fully saturated rings. The molecule has 26 heavy (non-hydrogen) atoms. The largest absolute Gasteiger partial charge is 0.422 e. The molecular weight excluding hydrogens is 326 g/mol. The second-order valence-electron chi connectivity index (χ2n) is 6.02. The first-order valence-electron chi connectivity index (χ1n) is 8.21. The predicted molar refractivity (Wildman–Crippen MR) is 99.9 cm³/mol. The van der Waals surface area contributed by atoms with Crippen molar-refractivity contribution in [1.29, 1.82) is 0 Å². The van der Waals surface area contributed by atoms with Crippen LogP contribution in [0.3, 0.4) is 0 Å². The van der Waals surface area contributed by atoms with Crippen LogP contribution >= 0.6 is 0 Å². The van der Waals surface area contributed by atoms with Gasteiger partial charge in [-0.25, -0.2) is 14.8 Å². The van der Waals surface area contributed by atoms with E-state index in [9.17, 15) is 4.79 Å². The van der Waals surface area contributed by atoms with Crippen LogP contribution in [0.1, 0.15) is 0 Å². The SMILES string of the molecule is O=c1oc2ccccc2cc1-c1ccc(-c2cn3cccnc3n2)cc1. The van der Waals surface area contributed by atoms with Crippen LogP contribution in [0.5, 0.6) is 0 Å². The molecule has 0 atom stereocenters. The first-order valence-corrected chi connectivity index (χ1v) is 8.21. The number of aromatic nitrogens is 3. The Morgan fingerprint density at radius 1 is 0.923 bits per heavy atom. The van der Waals surface area contributed by atoms with Crippen molar-refractivity contribution in [3.63, 3.8) is 0 Å². The number of benzene rings is 2. The van der Waals surface area contributed by atoms with Gasteiger partial charge in [-0.1, -0.05) is 42.5 Å². The quantitative estimate of drug-likeness (QED) is 0.453. The summed E-state index contributed by atoms with van der Waals surface area (Å²) in [6.07, 6.45) is 5.56. The monoisotopic (exact) mass is 339 g/mol. The molecule has 0 unspecified atom stereocenters. The van der Waals surface area contributed by atoms with Gasteiger partial charge in [0.25, 0.3) is 0 Å². The molecular formula is C21H13N3O2. The number of rotatable bonds is 2. The lowest BCUT2D eigenvalue weighted by Crippen LogP contribution is -2.02. The number of imidazole rings is 1. The van der Waals surface area contributed by atoms with E-state index in [4.69, 9.17) is 4.42 Å². The molecule has 5 aromatic rings. The van der Waals surface area contributed by atoms with Crippen molar-refractivity contribution in [2.75, 3.05) is 0 Å². The Balaban J connectivity index is 1.57. The molecule has 0 aliphatic carbocycles. The molecule has 0 amide bonds. The van der Waals surface area contributed by atoms with Crippen LogP contribution in [0.15, 0.2) is 88.5 Å². The Labute approximate surface area is 148 Å². The van der Waals surface area contributed by atoms with Crippen molar-refractivity contribution in [2.45, 2.75) is 0 Å². The van der Waals surface area contributed by atoms with Gasteiger partial charge in [0, 0.05) is 29.5 Å². The highest BCUT2D eigenvalue weighted by Gasteiger charge is 2.09. The van der Waals surface area contributed by atoms with Crippen LogP contribution in [0.2, 0.25) is 0 Å². The average Bonchev–Trinajstić information content (AvgIpc) is 3.12. The molecule has 3 aromatic heterocycles. The van der Waals surface area contributed by atoms with Crippen LogP contribution in [-0.4, -0.2) is 14.4 Å². The van der Waals surface area contributed by atoms with Gasteiger partial charge < -0.3 is 4.42 Å². The van der Waals surface area contributed by atoms with Gasteiger partial charge in [0.15, 0.2) is 0 Å². The maximum atomic E-state index is 12.3. The molecule has 124 valence electrons. The molecule has 0 saturated carbocycles. The summed E-state index contributed by atoms with van der Waals surface area (Å²) in [5, 5.41) is 0.901. The number of hydrogen-bond donors (Lipinski definition) is 0. The first-order chi connectivity index (χ1) is 12.8. The summed E-state index contributed by atoms with van der Waals surface area (Å²) >= 11 is 0. The minimum Gasteiger partial charge on any atom is -0.422 e. The lowest BCUT2D eigenvalue weighted by Gasteiger charge is -2.03. The zero-order chi connectivity index (χ0) is 17.5. The van der Waals surface area contributed by atoms with Crippen molar-refractivity contribution >= 4 is 16.7 Å². The Kier molecular flexibility index (Phi) is 3.18. The van der Waals surface area contributed by atoms with Gasteiger partial charge in [0.2, 0.25) is 5.78 Å². The van der Waals surface area contributed by atoms with Crippen LogP contribution in [0.4, 0.5) is 0 Å². The minimum absolute atomic E-state index is 0.339. The first kappa shape index (κ1) is 14.6. The van der Waals surface area contributed by atoms with E-state index in [1.165, 1.54) is 0 Å². The normalized spacial score (nSPS) is 11.2. The summed E-state index contributed by atoms with van der Waals surface area (Å²) in [7, 11) is 0. The van der Waals surface area contributed by atoms with Crippen molar-refractivity contribution in [1.82, 2.24) is 14.4 Å². The third-order valence-corrected chi connectivity index (χ3v) is 4.37. The molecule has 0 aliphatic rings. The highest BCUT2D eigenvalue weighted by Crippen LogP contribution is 2.25. The summed E-state index contributed by atoms with van der Waals surface area (Å²) in [5.41, 5.74) is 3.41. The van der Waals surface area contributed by atoms with Gasteiger partial charge in [-0.05, 0) is 23.8 Å². The van der Waals surface area contributed by atoms with Crippen molar-refractivity contribution < 1.29 is 4.42 Å². The van der Waals surface area contributed by atoms with E-state index in [1.54, 1.807) is 12.3 Å². The average molecular weight is 339 g/mol. The van der Waals surface area contributed by atoms with Gasteiger partial charge in [-0.3, -0.25) is 4.40 Å². The van der Waals surface area contributed by atoms with Gasteiger partial charge in [0.05, 0.1) is 11.3 Å². The second-order valence-corrected chi connectivity index (χ2v) is 6.02. The van der Waals surface area contributed by atoms with Crippen molar-refractivity contribution in [2.24, 2.45) is 0 Å². The molecule has 0 N–H and O–H groups in total. The fourth-order valence-corrected chi connectivity index (χ4v) is 3.05. The maximum Gasteiger partial charge on any atom is 0.344 e.